The number of carbonyl (C=O) groups excluding carboxylic acids is 2. The molecule has 0 aromatic heterocycles. The number of hydrogen-bond acceptors (Lipinski definition) is 3. The lowest BCUT2D eigenvalue weighted by Gasteiger charge is -2.09. The van der Waals surface area contributed by atoms with E-state index in [2.05, 4.69) is 24.4 Å². The molecule has 4 heteroatoms. The van der Waals surface area contributed by atoms with Crippen molar-refractivity contribution >= 4 is 11.9 Å². The molecule has 1 heterocycles. The Bertz CT molecular complexity index is 393. The minimum atomic E-state index is -0.409. The van der Waals surface area contributed by atoms with E-state index in [0.29, 0.717) is 19.4 Å². The van der Waals surface area contributed by atoms with E-state index >= 15 is 0 Å². The SMILES string of the molecule is CCCCC/C=C/CCCCCCCCCOC(=O)[C@@H]1CCC(=O)N1. The van der Waals surface area contributed by atoms with Crippen molar-refractivity contribution in [1.82, 2.24) is 5.32 Å². The minimum Gasteiger partial charge on any atom is -0.464 e. The number of allylic oxidation sites excluding steroid dienone is 2. The van der Waals surface area contributed by atoms with Crippen LogP contribution in [0.2, 0.25) is 0 Å². The quantitative estimate of drug-likeness (QED) is 0.255. The van der Waals surface area contributed by atoms with Gasteiger partial charge in [0.2, 0.25) is 5.91 Å². The molecule has 0 aromatic rings. The van der Waals surface area contributed by atoms with E-state index < -0.39 is 6.04 Å². The molecule has 0 aliphatic carbocycles. The lowest BCUT2D eigenvalue weighted by atomic mass is 10.1. The van der Waals surface area contributed by atoms with Crippen LogP contribution in [0, 0.1) is 0 Å². The predicted molar refractivity (Wildman–Crippen MR) is 102 cm³/mol. The van der Waals surface area contributed by atoms with Gasteiger partial charge in [0.05, 0.1) is 6.61 Å². The molecule has 4 nitrogen and oxygen atoms in total. The van der Waals surface area contributed by atoms with Gasteiger partial charge in [-0.25, -0.2) is 4.79 Å². The third-order valence-corrected chi connectivity index (χ3v) is 4.68. The molecule has 1 N–H and O–H groups in total. The molecule has 1 aliphatic heterocycles. The lowest BCUT2D eigenvalue weighted by molar-refractivity contribution is -0.146. The van der Waals surface area contributed by atoms with Crippen LogP contribution in [0.1, 0.15) is 96.8 Å². The van der Waals surface area contributed by atoms with E-state index in [-0.39, 0.29) is 11.9 Å². The lowest BCUT2D eigenvalue weighted by Crippen LogP contribution is -2.34. The first-order valence-corrected chi connectivity index (χ1v) is 10.3. The summed E-state index contributed by atoms with van der Waals surface area (Å²) >= 11 is 0. The second kappa shape index (κ2) is 15.0. The van der Waals surface area contributed by atoms with E-state index in [1.807, 2.05) is 0 Å². The van der Waals surface area contributed by atoms with Crippen molar-refractivity contribution < 1.29 is 14.3 Å². The average molecular weight is 352 g/mol. The first kappa shape index (κ1) is 21.7. The van der Waals surface area contributed by atoms with Crippen molar-refractivity contribution in [3.8, 4) is 0 Å². The second-order valence-corrected chi connectivity index (χ2v) is 7.06. The summed E-state index contributed by atoms with van der Waals surface area (Å²) in [6, 6.07) is -0.409. The van der Waals surface area contributed by atoms with Crippen molar-refractivity contribution in [1.29, 1.82) is 0 Å². The Kier molecular flexibility index (Phi) is 13.0. The van der Waals surface area contributed by atoms with Crippen LogP contribution in [0.3, 0.4) is 0 Å². The zero-order valence-corrected chi connectivity index (χ0v) is 16.1. The van der Waals surface area contributed by atoms with Gasteiger partial charge in [0.15, 0.2) is 0 Å². The Labute approximate surface area is 153 Å². The molecule has 0 unspecified atom stereocenters. The minimum absolute atomic E-state index is 0.0473. The van der Waals surface area contributed by atoms with Crippen molar-refractivity contribution in [3.63, 3.8) is 0 Å². The van der Waals surface area contributed by atoms with E-state index in [1.165, 1.54) is 64.2 Å². The van der Waals surface area contributed by atoms with Gasteiger partial charge in [-0.1, -0.05) is 64.0 Å². The van der Waals surface area contributed by atoms with Crippen LogP contribution in [0.15, 0.2) is 12.2 Å². The van der Waals surface area contributed by atoms with E-state index in [4.69, 9.17) is 4.74 Å². The van der Waals surface area contributed by atoms with Crippen LogP contribution < -0.4 is 5.32 Å². The molecule has 1 aliphatic rings. The molecule has 1 rings (SSSR count). The number of ether oxygens (including phenoxy) is 1. The number of hydrogen-bond donors (Lipinski definition) is 1. The van der Waals surface area contributed by atoms with Gasteiger partial charge in [-0.3, -0.25) is 4.79 Å². The first-order chi connectivity index (χ1) is 12.2. The summed E-state index contributed by atoms with van der Waals surface area (Å²) in [6.45, 7) is 2.72. The Balaban J connectivity index is 1.78. The number of amides is 1. The summed E-state index contributed by atoms with van der Waals surface area (Å²) in [5.74, 6) is -0.317. The van der Waals surface area contributed by atoms with Gasteiger partial charge in [-0.15, -0.1) is 0 Å². The van der Waals surface area contributed by atoms with E-state index in [1.54, 1.807) is 0 Å². The Morgan fingerprint density at radius 1 is 1.00 bits per heavy atom. The molecule has 0 aromatic carbocycles. The summed E-state index contributed by atoms with van der Waals surface area (Å²) in [5, 5.41) is 2.64. The molecule has 1 amide bonds. The number of unbranched alkanes of at least 4 members (excludes halogenated alkanes) is 10. The fraction of sp³-hybridized carbons (Fsp3) is 0.810. The van der Waals surface area contributed by atoms with Crippen molar-refractivity contribution in [3.05, 3.63) is 12.2 Å². The topological polar surface area (TPSA) is 55.4 Å². The highest BCUT2D eigenvalue weighted by Gasteiger charge is 2.28. The van der Waals surface area contributed by atoms with Gasteiger partial charge in [0.1, 0.15) is 6.04 Å². The van der Waals surface area contributed by atoms with Crippen LogP contribution in [0.4, 0.5) is 0 Å². The highest BCUT2D eigenvalue weighted by molar-refractivity contribution is 5.87. The molecule has 1 saturated heterocycles. The van der Waals surface area contributed by atoms with Gasteiger partial charge in [-0.05, 0) is 38.5 Å². The van der Waals surface area contributed by atoms with Gasteiger partial charge >= 0.3 is 5.97 Å². The highest BCUT2D eigenvalue weighted by Crippen LogP contribution is 2.11. The maximum atomic E-state index is 11.7. The Hall–Kier alpha value is -1.32. The highest BCUT2D eigenvalue weighted by atomic mass is 16.5. The summed E-state index contributed by atoms with van der Waals surface area (Å²) in [6.07, 6.45) is 20.6. The number of esters is 1. The molecule has 0 saturated carbocycles. The molecule has 1 atom stereocenters. The van der Waals surface area contributed by atoms with E-state index in [0.717, 1.165) is 12.8 Å². The maximum Gasteiger partial charge on any atom is 0.328 e. The zero-order chi connectivity index (χ0) is 18.2. The molecule has 144 valence electrons. The normalized spacial score (nSPS) is 17.2. The second-order valence-electron chi connectivity index (χ2n) is 7.06. The molecule has 0 bridgehead atoms. The summed E-state index contributed by atoms with van der Waals surface area (Å²) in [5.41, 5.74) is 0. The number of nitrogens with one attached hydrogen (secondary N) is 1. The van der Waals surface area contributed by atoms with E-state index in [9.17, 15) is 9.59 Å². The largest absolute Gasteiger partial charge is 0.464 e. The first-order valence-electron chi connectivity index (χ1n) is 10.3. The summed E-state index contributed by atoms with van der Waals surface area (Å²) in [7, 11) is 0. The van der Waals surface area contributed by atoms with Crippen molar-refractivity contribution in [2.24, 2.45) is 0 Å². The maximum absolute atomic E-state index is 11.7. The third kappa shape index (κ3) is 11.8. The number of rotatable bonds is 15. The van der Waals surface area contributed by atoms with Crippen LogP contribution in [0.25, 0.3) is 0 Å². The average Bonchev–Trinajstić information content (AvgIpc) is 3.04. The van der Waals surface area contributed by atoms with Crippen molar-refractivity contribution in [2.75, 3.05) is 6.61 Å². The molecule has 0 spiro atoms. The predicted octanol–water partition coefficient (Wildman–Crippen LogP) is 5.07. The van der Waals surface area contributed by atoms with Crippen LogP contribution in [-0.4, -0.2) is 24.5 Å². The fourth-order valence-electron chi connectivity index (χ4n) is 3.06. The monoisotopic (exact) mass is 351 g/mol. The smallest absolute Gasteiger partial charge is 0.328 e. The Morgan fingerprint density at radius 3 is 2.20 bits per heavy atom. The van der Waals surface area contributed by atoms with Gasteiger partial charge in [-0.2, -0.15) is 0 Å². The molecule has 1 fully saturated rings. The molecular weight excluding hydrogens is 314 g/mol. The third-order valence-electron chi connectivity index (χ3n) is 4.68. The summed E-state index contributed by atoms with van der Waals surface area (Å²) < 4.78 is 5.22. The molecule has 0 radical (unpaired) electrons. The summed E-state index contributed by atoms with van der Waals surface area (Å²) in [4.78, 5) is 22.7. The van der Waals surface area contributed by atoms with Crippen LogP contribution in [0.5, 0.6) is 0 Å². The fourth-order valence-corrected chi connectivity index (χ4v) is 3.06. The Morgan fingerprint density at radius 2 is 1.60 bits per heavy atom. The standard InChI is InChI=1S/C21H37NO3/c1-2-3-4-5-6-7-8-9-10-11-12-13-14-15-18-25-21(24)19-16-17-20(23)22-19/h6-7,19H,2-5,8-18H2,1H3,(H,22,23)/b7-6+/t19-/m0/s1. The molecule has 25 heavy (non-hydrogen) atoms. The van der Waals surface area contributed by atoms with Crippen LogP contribution >= 0.6 is 0 Å². The number of carbonyl (C=O) groups is 2. The zero-order valence-electron chi connectivity index (χ0n) is 16.1. The van der Waals surface area contributed by atoms with Gasteiger partial charge in [0, 0.05) is 6.42 Å². The van der Waals surface area contributed by atoms with Crippen LogP contribution in [-0.2, 0) is 14.3 Å². The van der Waals surface area contributed by atoms with Gasteiger partial charge < -0.3 is 10.1 Å². The van der Waals surface area contributed by atoms with Crippen molar-refractivity contribution in [2.45, 2.75) is 103 Å². The molecular formula is C21H37NO3. The van der Waals surface area contributed by atoms with Gasteiger partial charge in [0.25, 0.3) is 0 Å².